The van der Waals surface area contributed by atoms with E-state index in [0.29, 0.717) is 11.4 Å². The summed E-state index contributed by atoms with van der Waals surface area (Å²) in [5.41, 5.74) is 0.476. The van der Waals surface area contributed by atoms with Crippen molar-refractivity contribution < 1.29 is 22.7 Å². The Labute approximate surface area is 133 Å². The van der Waals surface area contributed by atoms with Crippen molar-refractivity contribution in [2.45, 2.75) is 25.2 Å². The second-order valence-electron chi connectivity index (χ2n) is 5.64. The molecule has 1 aromatic carbocycles. The summed E-state index contributed by atoms with van der Waals surface area (Å²) in [6.45, 7) is 1.52. The largest absolute Gasteiger partial charge is 0.497 e. The van der Waals surface area contributed by atoms with Crippen LogP contribution >= 0.6 is 0 Å². The van der Waals surface area contributed by atoms with Gasteiger partial charge in [0.15, 0.2) is 0 Å². The van der Waals surface area contributed by atoms with Gasteiger partial charge in [0.1, 0.15) is 11.8 Å². The number of anilines is 1. The fourth-order valence-electron chi connectivity index (χ4n) is 2.57. The van der Waals surface area contributed by atoms with Gasteiger partial charge in [-0.05, 0) is 26.1 Å². The van der Waals surface area contributed by atoms with Crippen LogP contribution in [0.3, 0.4) is 0 Å². The zero-order chi connectivity index (χ0) is 17.2. The van der Waals surface area contributed by atoms with Crippen LogP contribution in [0.15, 0.2) is 24.3 Å². The number of urea groups is 1. The summed E-state index contributed by atoms with van der Waals surface area (Å²) in [6, 6.07) is 4.08. The maximum atomic E-state index is 13.1. The highest BCUT2D eigenvalue weighted by molar-refractivity contribution is 5.89. The molecule has 0 bridgehead atoms. The Morgan fingerprint density at radius 2 is 2.04 bits per heavy atom. The summed E-state index contributed by atoms with van der Waals surface area (Å²) in [7, 11) is 2.93. The number of nitrogens with zero attached hydrogens (tertiary/aromatic N) is 2. The molecule has 1 aliphatic heterocycles. The SMILES string of the molecule is COc1cccc(NC(=O)N2CC(C)N(C)C(C(F)(F)F)C2)c1. The van der Waals surface area contributed by atoms with Crippen LogP contribution in [0.1, 0.15) is 6.92 Å². The van der Waals surface area contributed by atoms with Crippen LogP contribution in [0.4, 0.5) is 23.7 Å². The van der Waals surface area contributed by atoms with Crippen molar-refractivity contribution in [3.05, 3.63) is 24.3 Å². The van der Waals surface area contributed by atoms with Crippen LogP contribution in [0.25, 0.3) is 0 Å². The van der Waals surface area contributed by atoms with E-state index < -0.39 is 18.2 Å². The first-order valence-corrected chi connectivity index (χ1v) is 7.21. The number of nitrogens with one attached hydrogen (secondary N) is 1. The lowest BCUT2D eigenvalue weighted by molar-refractivity contribution is -0.196. The van der Waals surface area contributed by atoms with Crippen LogP contribution in [-0.2, 0) is 0 Å². The third-order valence-electron chi connectivity index (χ3n) is 4.05. The molecule has 1 heterocycles. The van der Waals surface area contributed by atoms with Crippen molar-refractivity contribution in [3.8, 4) is 5.75 Å². The number of likely N-dealkylation sites (N-methyl/N-ethyl adjacent to an activating group) is 1. The number of rotatable bonds is 2. The third kappa shape index (κ3) is 4.07. The number of ether oxygens (including phenoxy) is 1. The van der Waals surface area contributed by atoms with Crippen molar-refractivity contribution in [2.75, 3.05) is 32.6 Å². The Balaban J connectivity index is 2.09. The Hall–Kier alpha value is -1.96. The lowest BCUT2D eigenvalue weighted by Gasteiger charge is -2.44. The van der Waals surface area contributed by atoms with Gasteiger partial charge < -0.3 is 15.0 Å². The summed E-state index contributed by atoms with van der Waals surface area (Å²) in [4.78, 5) is 14.7. The Kier molecular flexibility index (Phi) is 5.03. The lowest BCUT2D eigenvalue weighted by Crippen LogP contribution is -2.62. The van der Waals surface area contributed by atoms with Gasteiger partial charge >= 0.3 is 12.2 Å². The summed E-state index contributed by atoms with van der Waals surface area (Å²) in [5, 5.41) is 2.61. The van der Waals surface area contributed by atoms with Gasteiger partial charge in [-0.2, -0.15) is 13.2 Å². The molecule has 0 aliphatic carbocycles. The summed E-state index contributed by atoms with van der Waals surface area (Å²) in [5.74, 6) is 0.558. The third-order valence-corrected chi connectivity index (χ3v) is 4.05. The van der Waals surface area contributed by atoms with Crippen molar-refractivity contribution in [3.63, 3.8) is 0 Å². The molecular formula is C15H20F3N3O2. The molecule has 0 spiro atoms. The van der Waals surface area contributed by atoms with E-state index in [1.807, 2.05) is 0 Å². The molecule has 2 unspecified atom stereocenters. The van der Waals surface area contributed by atoms with Gasteiger partial charge in [-0.3, -0.25) is 4.90 Å². The minimum absolute atomic E-state index is 0.235. The highest BCUT2D eigenvalue weighted by Gasteiger charge is 2.47. The van der Waals surface area contributed by atoms with Crippen molar-refractivity contribution in [1.29, 1.82) is 0 Å². The Bertz CT molecular complexity index is 565. The molecule has 1 N–H and O–H groups in total. The number of alkyl halides is 3. The minimum Gasteiger partial charge on any atom is -0.497 e. The first kappa shape index (κ1) is 17.4. The van der Waals surface area contributed by atoms with E-state index >= 15 is 0 Å². The molecule has 0 saturated carbocycles. The molecule has 128 valence electrons. The number of amides is 2. The molecule has 0 radical (unpaired) electrons. The van der Waals surface area contributed by atoms with Crippen molar-refractivity contribution >= 4 is 11.7 Å². The topological polar surface area (TPSA) is 44.8 Å². The van der Waals surface area contributed by atoms with Crippen LogP contribution in [-0.4, -0.2) is 61.3 Å². The van der Waals surface area contributed by atoms with E-state index in [-0.39, 0.29) is 19.1 Å². The predicted molar refractivity (Wildman–Crippen MR) is 80.7 cm³/mol. The normalized spacial score (nSPS) is 22.8. The van der Waals surface area contributed by atoms with E-state index in [2.05, 4.69) is 5.32 Å². The van der Waals surface area contributed by atoms with Crippen LogP contribution in [0.5, 0.6) is 5.75 Å². The lowest BCUT2D eigenvalue weighted by atomic mass is 10.1. The molecule has 23 heavy (non-hydrogen) atoms. The second-order valence-corrected chi connectivity index (χ2v) is 5.64. The second kappa shape index (κ2) is 6.66. The van der Waals surface area contributed by atoms with Gasteiger partial charge in [-0.25, -0.2) is 4.79 Å². The molecule has 1 aliphatic rings. The monoisotopic (exact) mass is 331 g/mol. The van der Waals surface area contributed by atoms with E-state index in [9.17, 15) is 18.0 Å². The van der Waals surface area contributed by atoms with Crippen molar-refractivity contribution in [2.24, 2.45) is 0 Å². The van der Waals surface area contributed by atoms with Gasteiger partial charge in [0.25, 0.3) is 0 Å². The van der Waals surface area contributed by atoms with Gasteiger partial charge in [-0.1, -0.05) is 6.07 Å². The van der Waals surface area contributed by atoms with Crippen LogP contribution < -0.4 is 10.1 Å². The van der Waals surface area contributed by atoms with Gasteiger partial charge in [0, 0.05) is 30.9 Å². The molecule has 5 nitrogen and oxygen atoms in total. The summed E-state index contributed by atoms with van der Waals surface area (Å²) >= 11 is 0. The number of hydrogen-bond acceptors (Lipinski definition) is 3. The number of methoxy groups -OCH3 is 1. The number of hydrogen-bond donors (Lipinski definition) is 1. The smallest absolute Gasteiger partial charge is 0.405 e. The van der Waals surface area contributed by atoms with Gasteiger partial charge in [0.2, 0.25) is 0 Å². The average molecular weight is 331 g/mol. The molecule has 8 heteroatoms. The van der Waals surface area contributed by atoms with Crippen LogP contribution in [0, 0.1) is 0 Å². The number of halogens is 3. The Morgan fingerprint density at radius 3 is 2.65 bits per heavy atom. The van der Waals surface area contributed by atoms with E-state index in [0.717, 1.165) is 0 Å². The minimum atomic E-state index is -4.38. The first-order valence-electron chi connectivity index (χ1n) is 7.21. The quantitative estimate of drug-likeness (QED) is 0.906. The number of piperazine rings is 1. The standard InChI is InChI=1S/C15H20F3N3O2/c1-10-8-21(9-13(20(10)2)15(16,17)18)14(22)19-11-5-4-6-12(7-11)23-3/h4-7,10,13H,8-9H2,1-3H3,(H,19,22). The first-order chi connectivity index (χ1) is 10.7. The van der Waals surface area contributed by atoms with Gasteiger partial charge in [0.05, 0.1) is 7.11 Å². The highest BCUT2D eigenvalue weighted by Crippen LogP contribution is 2.29. The average Bonchev–Trinajstić information content (AvgIpc) is 2.48. The molecule has 2 atom stereocenters. The maximum absolute atomic E-state index is 13.1. The summed E-state index contributed by atoms with van der Waals surface area (Å²) in [6.07, 6.45) is -4.38. The zero-order valence-corrected chi connectivity index (χ0v) is 13.2. The zero-order valence-electron chi connectivity index (χ0n) is 13.2. The molecule has 0 aromatic heterocycles. The fraction of sp³-hybridized carbons (Fsp3) is 0.533. The molecule has 1 fully saturated rings. The van der Waals surface area contributed by atoms with Crippen LogP contribution in [0.2, 0.25) is 0 Å². The molecule has 2 rings (SSSR count). The van der Waals surface area contributed by atoms with E-state index in [1.54, 1.807) is 31.2 Å². The number of benzene rings is 1. The van der Waals surface area contributed by atoms with Crippen molar-refractivity contribution in [1.82, 2.24) is 9.80 Å². The highest BCUT2D eigenvalue weighted by atomic mass is 19.4. The maximum Gasteiger partial charge on any atom is 0.405 e. The molecular weight excluding hydrogens is 311 g/mol. The number of carbonyl (C=O) groups excluding carboxylic acids is 1. The van der Waals surface area contributed by atoms with E-state index in [1.165, 1.54) is 24.0 Å². The molecule has 1 aromatic rings. The fourth-order valence-corrected chi connectivity index (χ4v) is 2.57. The predicted octanol–water partition coefficient (Wildman–Crippen LogP) is 2.79. The van der Waals surface area contributed by atoms with Gasteiger partial charge in [-0.15, -0.1) is 0 Å². The number of carbonyl (C=O) groups is 1. The Morgan fingerprint density at radius 1 is 1.35 bits per heavy atom. The molecule has 1 saturated heterocycles. The molecule has 2 amide bonds. The summed E-state index contributed by atoms with van der Waals surface area (Å²) < 4.78 is 44.4. The van der Waals surface area contributed by atoms with E-state index in [4.69, 9.17) is 4.74 Å².